The topological polar surface area (TPSA) is 47.6 Å². The van der Waals surface area contributed by atoms with Gasteiger partial charge in [0.2, 0.25) is 0 Å². The minimum atomic E-state index is -0.469. The van der Waals surface area contributed by atoms with Crippen molar-refractivity contribution in [3.63, 3.8) is 0 Å². The number of benzene rings is 2. The van der Waals surface area contributed by atoms with Crippen LogP contribution in [0.3, 0.4) is 0 Å². The van der Waals surface area contributed by atoms with E-state index < -0.39 is 5.97 Å². The number of carbonyl (C=O) groups excluding carboxylic acids is 1. The lowest BCUT2D eigenvalue weighted by Crippen LogP contribution is -2.11. The Labute approximate surface area is 145 Å². The van der Waals surface area contributed by atoms with Crippen LogP contribution in [0.2, 0.25) is 10.0 Å². The zero-order chi connectivity index (χ0) is 16.8. The molecule has 0 unspecified atom stereocenters. The Hall–Kier alpha value is -1.75. The molecule has 0 bridgehead atoms. The maximum atomic E-state index is 12.1. The first-order valence-electron chi connectivity index (χ1n) is 7.10. The molecule has 0 aliphatic heterocycles. The van der Waals surface area contributed by atoms with Gasteiger partial charge < -0.3 is 14.8 Å². The smallest absolute Gasteiger partial charge is 0.342 e. The molecule has 23 heavy (non-hydrogen) atoms. The third-order valence-electron chi connectivity index (χ3n) is 3.21. The fourth-order valence-electron chi connectivity index (χ4n) is 1.93. The van der Waals surface area contributed by atoms with E-state index in [0.717, 1.165) is 5.56 Å². The highest BCUT2D eigenvalue weighted by molar-refractivity contribution is 6.37. The van der Waals surface area contributed by atoms with Gasteiger partial charge in [-0.3, -0.25) is 0 Å². The molecular weight excluding hydrogens is 337 g/mol. The number of anilines is 2. The van der Waals surface area contributed by atoms with E-state index in [2.05, 4.69) is 5.32 Å². The fourth-order valence-corrected chi connectivity index (χ4v) is 2.35. The summed E-state index contributed by atoms with van der Waals surface area (Å²) in [5, 5.41) is 4.25. The molecule has 2 aromatic carbocycles. The molecule has 0 radical (unpaired) electrons. The summed E-state index contributed by atoms with van der Waals surface area (Å²) in [4.78, 5) is 12.1. The van der Waals surface area contributed by atoms with Crippen molar-refractivity contribution in [3.05, 3.63) is 57.6 Å². The average molecular weight is 354 g/mol. The van der Waals surface area contributed by atoms with Gasteiger partial charge in [-0.2, -0.15) is 0 Å². The van der Waals surface area contributed by atoms with Gasteiger partial charge in [0.05, 0.1) is 22.0 Å². The molecule has 0 aliphatic carbocycles. The second-order valence-electron chi connectivity index (χ2n) is 4.75. The number of halogens is 2. The molecule has 0 aromatic heterocycles. The van der Waals surface area contributed by atoms with Crippen molar-refractivity contribution in [1.82, 2.24) is 0 Å². The Morgan fingerprint density at radius 2 is 1.87 bits per heavy atom. The Balaban J connectivity index is 2.24. The van der Waals surface area contributed by atoms with Crippen molar-refractivity contribution in [2.75, 3.05) is 18.7 Å². The Morgan fingerprint density at radius 1 is 1.13 bits per heavy atom. The lowest BCUT2D eigenvalue weighted by Gasteiger charge is -2.14. The van der Waals surface area contributed by atoms with Crippen molar-refractivity contribution in [3.8, 4) is 0 Å². The Bertz CT molecular complexity index is 704. The number of hydrogen-bond acceptors (Lipinski definition) is 4. The first kappa shape index (κ1) is 17.6. The summed E-state index contributed by atoms with van der Waals surface area (Å²) < 4.78 is 10.1. The number of para-hydroxylation sites is 1. The van der Waals surface area contributed by atoms with Crippen LogP contribution < -0.4 is 5.32 Å². The van der Waals surface area contributed by atoms with Gasteiger partial charge in [0.1, 0.15) is 0 Å². The Morgan fingerprint density at radius 3 is 2.61 bits per heavy atom. The van der Waals surface area contributed by atoms with Crippen LogP contribution in [0.1, 0.15) is 22.8 Å². The highest BCUT2D eigenvalue weighted by Crippen LogP contribution is 2.33. The van der Waals surface area contributed by atoms with Crippen molar-refractivity contribution >= 4 is 40.5 Å². The predicted octanol–water partition coefficient (Wildman–Crippen LogP) is 5.20. The minimum absolute atomic E-state index is 0.0789. The number of rotatable bonds is 6. The van der Waals surface area contributed by atoms with E-state index in [0.29, 0.717) is 33.6 Å². The molecule has 6 heteroatoms. The average Bonchev–Trinajstić information content (AvgIpc) is 2.56. The van der Waals surface area contributed by atoms with Crippen LogP contribution in [0.4, 0.5) is 11.4 Å². The first-order valence-corrected chi connectivity index (χ1v) is 7.85. The summed E-state index contributed by atoms with van der Waals surface area (Å²) in [6.07, 6.45) is 0. The monoisotopic (exact) mass is 353 g/mol. The summed E-state index contributed by atoms with van der Waals surface area (Å²) >= 11 is 12.3. The van der Waals surface area contributed by atoms with E-state index >= 15 is 0 Å². The quantitative estimate of drug-likeness (QED) is 0.440. The first-order chi connectivity index (χ1) is 11.0. The summed E-state index contributed by atoms with van der Waals surface area (Å²) in [5.41, 5.74) is 2.43. The van der Waals surface area contributed by atoms with E-state index in [4.69, 9.17) is 32.7 Å². The third kappa shape index (κ3) is 4.38. The lowest BCUT2D eigenvalue weighted by atomic mass is 10.1. The zero-order valence-electron chi connectivity index (χ0n) is 12.9. The van der Waals surface area contributed by atoms with E-state index in [9.17, 15) is 4.79 Å². The molecule has 0 aliphatic rings. The molecule has 2 aromatic rings. The van der Waals surface area contributed by atoms with Crippen LogP contribution in [0.5, 0.6) is 0 Å². The van der Waals surface area contributed by atoms with Crippen molar-refractivity contribution < 1.29 is 14.3 Å². The second kappa shape index (κ2) is 8.20. The number of hydrogen-bond donors (Lipinski definition) is 1. The highest BCUT2D eigenvalue weighted by Gasteiger charge is 2.14. The largest absolute Gasteiger partial charge is 0.435 e. The summed E-state index contributed by atoms with van der Waals surface area (Å²) in [6.45, 7) is 4.06. The number of esters is 1. The molecule has 122 valence electrons. The molecule has 0 heterocycles. The summed E-state index contributed by atoms with van der Waals surface area (Å²) in [5.74, 6) is -0.469. The van der Waals surface area contributed by atoms with Crippen molar-refractivity contribution in [2.24, 2.45) is 0 Å². The van der Waals surface area contributed by atoms with Gasteiger partial charge in [0.25, 0.3) is 0 Å². The maximum Gasteiger partial charge on any atom is 0.342 e. The van der Waals surface area contributed by atoms with Crippen LogP contribution in [-0.4, -0.2) is 19.4 Å². The Kier molecular flexibility index (Phi) is 6.28. The van der Waals surface area contributed by atoms with Gasteiger partial charge in [-0.25, -0.2) is 4.79 Å². The van der Waals surface area contributed by atoms with Crippen molar-refractivity contribution in [2.45, 2.75) is 13.8 Å². The molecule has 0 fully saturated rings. The van der Waals surface area contributed by atoms with Crippen LogP contribution in [0, 0.1) is 6.92 Å². The van der Waals surface area contributed by atoms with Crippen LogP contribution in [-0.2, 0) is 9.47 Å². The van der Waals surface area contributed by atoms with Gasteiger partial charge in [-0.05, 0) is 43.7 Å². The van der Waals surface area contributed by atoms with Crippen LogP contribution >= 0.6 is 23.2 Å². The number of carbonyl (C=O) groups is 1. The number of nitrogens with one attached hydrogen (secondary N) is 1. The minimum Gasteiger partial charge on any atom is -0.435 e. The molecule has 2 rings (SSSR count). The highest BCUT2D eigenvalue weighted by atomic mass is 35.5. The SMILES string of the molecule is CCOCOC(=O)c1ccccc1Nc1ccc(Cl)c(C)c1Cl. The molecule has 4 nitrogen and oxygen atoms in total. The second-order valence-corrected chi connectivity index (χ2v) is 5.53. The zero-order valence-corrected chi connectivity index (χ0v) is 14.4. The molecule has 0 spiro atoms. The van der Waals surface area contributed by atoms with Gasteiger partial charge in [-0.15, -0.1) is 0 Å². The molecule has 0 saturated heterocycles. The summed E-state index contributed by atoms with van der Waals surface area (Å²) in [6, 6.07) is 10.5. The lowest BCUT2D eigenvalue weighted by molar-refractivity contribution is -0.0273. The molecule has 0 amide bonds. The number of ether oxygens (including phenoxy) is 2. The van der Waals surface area contributed by atoms with Gasteiger partial charge in [-0.1, -0.05) is 35.3 Å². The normalized spacial score (nSPS) is 10.4. The van der Waals surface area contributed by atoms with Crippen LogP contribution in [0.25, 0.3) is 0 Å². The van der Waals surface area contributed by atoms with E-state index in [-0.39, 0.29) is 6.79 Å². The molecule has 1 N–H and O–H groups in total. The van der Waals surface area contributed by atoms with Gasteiger partial charge in [0, 0.05) is 11.6 Å². The predicted molar refractivity (Wildman–Crippen MR) is 92.8 cm³/mol. The van der Waals surface area contributed by atoms with E-state index in [1.165, 1.54) is 0 Å². The third-order valence-corrected chi connectivity index (χ3v) is 4.11. The standard InChI is InChI=1S/C17H17Cl2NO3/c1-3-22-10-23-17(21)12-6-4-5-7-14(12)20-15-9-8-13(18)11(2)16(15)19/h4-9,20H,3,10H2,1-2H3. The van der Waals surface area contributed by atoms with Gasteiger partial charge in [0.15, 0.2) is 6.79 Å². The molecule has 0 saturated carbocycles. The van der Waals surface area contributed by atoms with Gasteiger partial charge >= 0.3 is 5.97 Å². The summed E-state index contributed by atoms with van der Waals surface area (Å²) in [7, 11) is 0. The van der Waals surface area contributed by atoms with Crippen LogP contribution in [0.15, 0.2) is 36.4 Å². The molecule has 0 atom stereocenters. The van der Waals surface area contributed by atoms with E-state index in [1.54, 1.807) is 30.3 Å². The fraction of sp³-hybridized carbons (Fsp3) is 0.235. The molecular formula is C17H17Cl2NO3. The van der Waals surface area contributed by atoms with Crippen molar-refractivity contribution in [1.29, 1.82) is 0 Å². The maximum absolute atomic E-state index is 12.1. The van der Waals surface area contributed by atoms with E-state index in [1.807, 2.05) is 19.9 Å².